The number of hydrogen-bond acceptors (Lipinski definition) is 1. The molecular formula is C11H20N2O. The van der Waals surface area contributed by atoms with Gasteiger partial charge < -0.3 is 10.2 Å². The second-order valence-electron chi connectivity index (χ2n) is 3.66. The predicted molar refractivity (Wildman–Crippen MR) is 58.0 cm³/mol. The summed E-state index contributed by atoms with van der Waals surface area (Å²) in [4.78, 5) is 13.5. The number of carbonyl (C=O) groups is 1. The summed E-state index contributed by atoms with van der Waals surface area (Å²) in [6, 6.07) is 0.0524. The molecule has 0 unspecified atom stereocenters. The first-order valence-corrected chi connectivity index (χ1v) is 5.55. The zero-order chi connectivity index (χ0) is 10.2. The quantitative estimate of drug-likeness (QED) is 0.723. The van der Waals surface area contributed by atoms with E-state index in [4.69, 9.17) is 0 Å². The highest BCUT2D eigenvalue weighted by atomic mass is 16.2. The first-order chi connectivity index (χ1) is 6.84. The molecule has 0 saturated carbocycles. The van der Waals surface area contributed by atoms with Crippen molar-refractivity contribution in [3.63, 3.8) is 0 Å². The number of rotatable bonds is 2. The molecule has 0 radical (unpaired) electrons. The second kappa shape index (κ2) is 6.46. The van der Waals surface area contributed by atoms with Crippen LogP contribution in [0.2, 0.25) is 0 Å². The average molecular weight is 196 g/mol. The van der Waals surface area contributed by atoms with Gasteiger partial charge in [-0.15, -0.1) is 0 Å². The Bertz CT molecular complexity index is 193. The van der Waals surface area contributed by atoms with E-state index in [0.29, 0.717) is 0 Å². The molecule has 1 heterocycles. The van der Waals surface area contributed by atoms with Gasteiger partial charge in [0.1, 0.15) is 0 Å². The van der Waals surface area contributed by atoms with E-state index in [9.17, 15) is 4.79 Å². The Kier molecular flexibility index (Phi) is 5.12. The first kappa shape index (κ1) is 11.1. The van der Waals surface area contributed by atoms with Crippen LogP contribution in [0.15, 0.2) is 12.3 Å². The molecule has 80 valence electrons. The Morgan fingerprint density at radius 2 is 1.93 bits per heavy atom. The van der Waals surface area contributed by atoms with Crippen LogP contribution in [0, 0.1) is 0 Å². The fourth-order valence-electron chi connectivity index (χ4n) is 1.61. The maximum Gasteiger partial charge on any atom is 0.321 e. The Balaban J connectivity index is 2.30. The third kappa shape index (κ3) is 3.81. The van der Waals surface area contributed by atoms with Crippen molar-refractivity contribution in [2.75, 3.05) is 13.1 Å². The number of likely N-dealkylation sites (tertiary alicyclic amines) is 1. The standard InChI is InChI=1S/C11H20N2O/c1-2-3-8-12-11(14)13-9-6-4-5-7-10-13/h3,8H,2,4-7,9-10H2,1H3,(H,12,14)/b8-3+. The van der Waals surface area contributed by atoms with Crippen LogP contribution in [0.1, 0.15) is 39.0 Å². The fraction of sp³-hybridized carbons (Fsp3) is 0.727. The third-order valence-electron chi connectivity index (χ3n) is 2.45. The molecule has 1 fully saturated rings. The van der Waals surface area contributed by atoms with E-state index in [1.54, 1.807) is 6.20 Å². The molecule has 0 bridgehead atoms. The highest BCUT2D eigenvalue weighted by molar-refractivity contribution is 5.75. The van der Waals surface area contributed by atoms with E-state index in [-0.39, 0.29) is 6.03 Å². The van der Waals surface area contributed by atoms with Crippen LogP contribution < -0.4 is 5.32 Å². The first-order valence-electron chi connectivity index (χ1n) is 5.55. The van der Waals surface area contributed by atoms with Gasteiger partial charge in [-0.2, -0.15) is 0 Å². The lowest BCUT2D eigenvalue weighted by Crippen LogP contribution is -2.38. The maximum atomic E-state index is 11.6. The maximum absolute atomic E-state index is 11.6. The highest BCUT2D eigenvalue weighted by Crippen LogP contribution is 2.09. The summed E-state index contributed by atoms with van der Waals surface area (Å²) in [6.07, 6.45) is 9.46. The largest absolute Gasteiger partial charge is 0.325 e. The summed E-state index contributed by atoms with van der Waals surface area (Å²) >= 11 is 0. The van der Waals surface area contributed by atoms with Gasteiger partial charge in [0.15, 0.2) is 0 Å². The summed E-state index contributed by atoms with van der Waals surface area (Å²) in [7, 11) is 0. The molecule has 1 rings (SSSR count). The van der Waals surface area contributed by atoms with Crippen LogP contribution >= 0.6 is 0 Å². The number of urea groups is 1. The van der Waals surface area contributed by atoms with Crippen molar-refractivity contribution < 1.29 is 4.79 Å². The summed E-state index contributed by atoms with van der Waals surface area (Å²) in [5.41, 5.74) is 0. The van der Waals surface area contributed by atoms with E-state index >= 15 is 0 Å². The molecule has 0 atom stereocenters. The van der Waals surface area contributed by atoms with Crippen molar-refractivity contribution in [1.82, 2.24) is 10.2 Å². The lowest BCUT2D eigenvalue weighted by molar-refractivity contribution is 0.203. The SMILES string of the molecule is CC/C=C/NC(=O)N1CCCCCC1. The molecular weight excluding hydrogens is 176 g/mol. The normalized spacial score (nSPS) is 18.2. The van der Waals surface area contributed by atoms with Gasteiger partial charge in [0, 0.05) is 19.3 Å². The molecule has 2 amide bonds. The van der Waals surface area contributed by atoms with Crippen LogP contribution in [0.4, 0.5) is 4.79 Å². The molecule has 0 aromatic carbocycles. The molecule has 0 aromatic rings. The van der Waals surface area contributed by atoms with E-state index in [1.165, 1.54) is 12.8 Å². The van der Waals surface area contributed by atoms with Gasteiger partial charge in [-0.05, 0) is 19.3 Å². The number of nitrogens with one attached hydrogen (secondary N) is 1. The Labute approximate surface area is 86.2 Å². The molecule has 1 saturated heterocycles. The van der Waals surface area contributed by atoms with E-state index in [0.717, 1.165) is 32.4 Å². The smallest absolute Gasteiger partial charge is 0.321 e. The Morgan fingerprint density at radius 3 is 2.50 bits per heavy atom. The fourth-order valence-corrected chi connectivity index (χ4v) is 1.61. The molecule has 0 aliphatic carbocycles. The lowest BCUT2D eigenvalue weighted by Gasteiger charge is -2.19. The summed E-state index contributed by atoms with van der Waals surface area (Å²) in [6.45, 7) is 3.87. The molecule has 1 aliphatic rings. The van der Waals surface area contributed by atoms with Gasteiger partial charge in [0.25, 0.3) is 0 Å². The minimum atomic E-state index is 0.0524. The molecule has 0 aromatic heterocycles. The zero-order valence-electron chi connectivity index (χ0n) is 8.96. The lowest BCUT2D eigenvalue weighted by atomic mass is 10.2. The van der Waals surface area contributed by atoms with Gasteiger partial charge in [0.05, 0.1) is 0 Å². The summed E-state index contributed by atoms with van der Waals surface area (Å²) in [5, 5.41) is 2.79. The predicted octanol–water partition coefficient (Wildman–Crippen LogP) is 2.50. The van der Waals surface area contributed by atoms with E-state index in [1.807, 2.05) is 11.0 Å². The molecule has 1 N–H and O–H groups in total. The molecule has 14 heavy (non-hydrogen) atoms. The van der Waals surface area contributed by atoms with Crippen LogP contribution in [0.5, 0.6) is 0 Å². The third-order valence-corrected chi connectivity index (χ3v) is 2.45. The van der Waals surface area contributed by atoms with Crippen LogP contribution in [0.25, 0.3) is 0 Å². The Hall–Kier alpha value is -0.990. The van der Waals surface area contributed by atoms with Crippen molar-refractivity contribution in [2.45, 2.75) is 39.0 Å². The minimum absolute atomic E-state index is 0.0524. The van der Waals surface area contributed by atoms with Crippen molar-refractivity contribution in [3.8, 4) is 0 Å². The number of nitrogens with zero attached hydrogens (tertiary/aromatic N) is 1. The molecule has 1 aliphatic heterocycles. The minimum Gasteiger partial charge on any atom is -0.325 e. The summed E-state index contributed by atoms with van der Waals surface area (Å²) < 4.78 is 0. The van der Waals surface area contributed by atoms with Crippen LogP contribution in [-0.4, -0.2) is 24.0 Å². The van der Waals surface area contributed by atoms with Gasteiger partial charge in [-0.3, -0.25) is 0 Å². The van der Waals surface area contributed by atoms with E-state index in [2.05, 4.69) is 12.2 Å². The monoisotopic (exact) mass is 196 g/mol. The number of amides is 2. The zero-order valence-corrected chi connectivity index (χ0v) is 8.96. The second-order valence-corrected chi connectivity index (χ2v) is 3.66. The molecule has 0 spiro atoms. The number of allylic oxidation sites excluding steroid dienone is 1. The van der Waals surface area contributed by atoms with Gasteiger partial charge in [-0.25, -0.2) is 4.79 Å². The van der Waals surface area contributed by atoms with Gasteiger partial charge >= 0.3 is 6.03 Å². The van der Waals surface area contributed by atoms with E-state index < -0.39 is 0 Å². The molecule has 3 nitrogen and oxygen atoms in total. The Morgan fingerprint density at radius 1 is 1.29 bits per heavy atom. The van der Waals surface area contributed by atoms with Crippen molar-refractivity contribution in [3.05, 3.63) is 12.3 Å². The number of hydrogen-bond donors (Lipinski definition) is 1. The van der Waals surface area contributed by atoms with Crippen LogP contribution in [-0.2, 0) is 0 Å². The topological polar surface area (TPSA) is 32.3 Å². The van der Waals surface area contributed by atoms with Crippen molar-refractivity contribution >= 4 is 6.03 Å². The average Bonchev–Trinajstić information content (AvgIpc) is 2.46. The molecule has 3 heteroatoms. The number of carbonyl (C=O) groups excluding carboxylic acids is 1. The summed E-state index contributed by atoms with van der Waals surface area (Å²) in [5.74, 6) is 0. The van der Waals surface area contributed by atoms with Crippen molar-refractivity contribution in [1.29, 1.82) is 0 Å². The van der Waals surface area contributed by atoms with Crippen molar-refractivity contribution in [2.24, 2.45) is 0 Å². The van der Waals surface area contributed by atoms with Gasteiger partial charge in [-0.1, -0.05) is 25.8 Å². The van der Waals surface area contributed by atoms with Gasteiger partial charge in [0.2, 0.25) is 0 Å². The van der Waals surface area contributed by atoms with Crippen LogP contribution in [0.3, 0.4) is 0 Å². The highest BCUT2D eigenvalue weighted by Gasteiger charge is 2.13.